The molecule has 2 aliphatic rings. The second kappa shape index (κ2) is 7.19. The molecule has 2 aromatic rings. The van der Waals surface area contributed by atoms with Gasteiger partial charge in [0.25, 0.3) is 0 Å². The molecule has 1 fully saturated rings. The van der Waals surface area contributed by atoms with Crippen LogP contribution in [0.25, 0.3) is 11.3 Å². The van der Waals surface area contributed by atoms with E-state index in [0.29, 0.717) is 17.8 Å². The van der Waals surface area contributed by atoms with E-state index < -0.39 is 0 Å². The molecule has 2 atom stereocenters. The predicted molar refractivity (Wildman–Crippen MR) is 102 cm³/mol. The second-order valence-electron chi connectivity index (χ2n) is 7.48. The zero-order chi connectivity index (χ0) is 18.1. The molecule has 1 unspecified atom stereocenters. The van der Waals surface area contributed by atoms with Crippen molar-refractivity contribution in [2.75, 3.05) is 26.8 Å². The Morgan fingerprint density at radius 1 is 1.15 bits per heavy atom. The maximum atomic E-state index is 5.64. The molecular weight excluding hydrogens is 326 g/mol. The molecule has 6 heteroatoms. The molecule has 2 aliphatic heterocycles. The van der Waals surface area contributed by atoms with Gasteiger partial charge in [-0.2, -0.15) is 5.10 Å². The molecular formula is C20H27N5O. The van der Waals surface area contributed by atoms with E-state index in [1.54, 1.807) is 0 Å². The van der Waals surface area contributed by atoms with Gasteiger partial charge in [0, 0.05) is 51.5 Å². The van der Waals surface area contributed by atoms with Crippen molar-refractivity contribution in [3.8, 4) is 11.3 Å². The van der Waals surface area contributed by atoms with Crippen LogP contribution in [-0.2, 0) is 11.8 Å². The molecule has 4 rings (SSSR count). The highest BCUT2D eigenvalue weighted by atomic mass is 16.5. The molecule has 0 bridgehead atoms. The third kappa shape index (κ3) is 3.14. The van der Waals surface area contributed by atoms with Crippen LogP contribution in [0.3, 0.4) is 0 Å². The third-order valence-corrected chi connectivity index (χ3v) is 5.74. The van der Waals surface area contributed by atoms with Crippen molar-refractivity contribution in [2.45, 2.75) is 25.7 Å². The van der Waals surface area contributed by atoms with Crippen molar-refractivity contribution >= 4 is 6.21 Å². The van der Waals surface area contributed by atoms with Crippen LogP contribution < -0.4 is 0 Å². The SMILES string of the molecule is Cc1nnn(C)c1-c1ccccc1C(C1CCOCC1)[C@@H]1C=NN(C)C1. The molecule has 1 saturated heterocycles. The van der Waals surface area contributed by atoms with E-state index in [2.05, 4.69) is 58.0 Å². The number of nitrogens with zero attached hydrogens (tertiary/aromatic N) is 5. The summed E-state index contributed by atoms with van der Waals surface area (Å²) in [6, 6.07) is 8.76. The minimum atomic E-state index is 0.422. The summed E-state index contributed by atoms with van der Waals surface area (Å²) < 4.78 is 7.53. The van der Waals surface area contributed by atoms with Crippen molar-refractivity contribution in [3.05, 3.63) is 35.5 Å². The van der Waals surface area contributed by atoms with Crippen LogP contribution in [0.5, 0.6) is 0 Å². The highest BCUT2D eigenvalue weighted by Crippen LogP contribution is 2.42. The highest BCUT2D eigenvalue weighted by molar-refractivity contribution is 5.70. The summed E-state index contributed by atoms with van der Waals surface area (Å²) in [4.78, 5) is 0. The molecule has 6 nitrogen and oxygen atoms in total. The van der Waals surface area contributed by atoms with E-state index in [0.717, 1.165) is 44.0 Å². The maximum absolute atomic E-state index is 5.64. The average Bonchev–Trinajstić information content (AvgIpc) is 3.22. The molecule has 0 aliphatic carbocycles. The van der Waals surface area contributed by atoms with Crippen LogP contribution in [-0.4, -0.2) is 53.0 Å². The summed E-state index contributed by atoms with van der Waals surface area (Å²) in [7, 11) is 4.03. The Morgan fingerprint density at radius 2 is 1.92 bits per heavy atom. The summed E-state index contributed by atoms with van der Waals surface area (Å²) in [5.41, 5.74) is 4.72. The molecule has 0 amide bonds. The smallest absolute Gasteiger partial charge is 0.0914 e. The number of hydrogen-bond donors (Lipinski definition) is 0. The predicted octanol–water partition coefficient (Wildman–Crippen LogP) is 2.85. The zero-order valence-corrected chi connectivity index (χ0v) is 15.8. The van der Waals surface area contributed by atoms with Crippen molar-refractivity contribution < 1.29 is 4.74 Å². The first-order valence-electron chi connectivity index (χ1n) is 9.43. The van der Waals surface area contributed by atoms with Crippen LogP contribution in [0.1, 0.15) is 30.0 Å². The Bertz CT molecular complexity index is 774. The third-order valence-electron chi connectivity index (χ3n) is 5.74. The minimum absolute atomic E-state index is 0.422. The minimum Gasteiger partial charge on any atom is -0.381 e. The van der Waals surface area contributed by atoms with Gasteiger partial charge >= 0.3 is 0 Å². The van der Waals surface area contributed by atoms with Crippen molar-refractivity contribution in [1.29, 1.82) is 0 Å². The Kier molecular flexibility index (Phi) is 4.76. The van der Waals surface area contributed by atoms with E-state index in [-0.39, 0.29) is 0 Å². The van der Waals surface area contributed by atoms with Crippen LogP contribution in [0.15, 0.2) is 29.4 Å². The number of aromatic nitrogens is 3. The van der Waals surface area contributed by atoms with Gasteiger partial charge < -0.3 is 4.74 Å². The van der Waals surface area contributed by atoms with Gasteiger partial charge in [0.15, 0.2) is 0 Å². The summed E-state index contributed by atoms with van der Waals surface area (Å²) in [6.07, 6.45) is 4.36. The largest absolute Gasteiger partial charge is 0.381 e. The molecule has 26 heavy (non-hydrogen) atoms. The van der Waals surface area contributed by atoms with Crippen LogP contribution in [0.2, 0.25) is 0 Å². The Labute approximate surface area is 154 Å². The van der Waals surface area contributed by atoms with E-state index in [1.165, 1.54) is 11.1 Å². The van der Waals surface area contributed by atoms with Gasteiger partial charge in [-0.3, -0.25) is 5.01 Å². The van der Waals surface area contributed by atoms with Gasteiger partial charge in [0.2, 0.25) is 0 Å². The van der Waals surface area contributed by atoms with Gasteiger partial charge in [-0.1, -0.05) is 29.5 Å². The second-order valence-corrected chi connectivity index (χ2v) is 7.48. The van der Waals surface area contributed by atoms with Gasteiger partial charge in [0.1, 0.15) is 0 Å². The van der Waals surface area contributed by atoms with Crippen LogP contribution >= 0.6 is 0 Å². The number of hydrogen-bond acceptors (Lipinski definition) is 5. The fourth-order valence-corrected chi connectivity index (χ4v) is 4.55. The number of rotatable bonds is 4. The Morgan fingerprint density at radius 3 is 2.58 bits per heavy atom. The van der Waals surface area contributed by atoms with Crippen molar-refractivity contribution in [2.24, 2.45) is 24.0 Å². The topological polar surface area (TPSA) is 55.5 Å². The molecule has 1 aromatic heterocycles. The Balaban J connectivity index is 1.80. The summed E-state index contributed by atoms with van der Waals surface area (Å²) in [5, 5.41) is 15.1. The standard InChI is InChI=1S/C20H27N5O/c1-14-20(25(3)23-22-14)18-7-5-4-6-17(18)19(15-8-10-26-11-9-15)16-12-21-24(2)13-16/h4-7,12,15-16,19H,8-11,13H2,1-3H3/t16-,19?/m1/s1. The quantitative estimate of drug-likeness (QED) is 0.848. The van der Waals surface area contributed by atoms with E-state index >= 15 is 0 Å². The summed E-state index contributed by atoms with van der Waals surface area (Å²) in [6.45, 7) is 4.72. The van der Waals surface area contributed by atoms with Crippen molar-refractivity contribution in [3.63, 3.8) is 0 Å². The number of hydrazone groups is 1. The lowest BCUT2D eigenvalue weighted by molar-refractivity contribution is 0.0534. The normalized spacial score (nSPS) is 22.1. The first-order valence-corrected chi connectivity index (χ1v) is 9.43. The van der Waals surface area contributed by atoms with Gasteiger partial charge in [-0.25, -0.2) is 4.68 Å². The van der Waals surface area contributed by atoms with Gasteiger partial charge in [-0.05, 0) is 37.2 Å². The first-order chi connectivity index (χ1) is 12.6. The number of ether oxygens (including phenoxy) is 1. The first kappa shape index (κ1) is 17.2. The van der Waals surface area contributed by atoms with E-state index in [9.17, 15) is 0 Å². The highest BCUT2D eigenvalue weighted by Gasteiger charge is 2.35. The lowest BCUT2D eigenvalue weighted by Crippen LogP contribution is -2.30. The molecule has 0 spiro atoms. The van der Waals surface area contributed by atoms with Crippen molar-refractivity contribution in [1.82, 2.24) is 20.0 Å². The molecule has 0 N–H and O–H groups in total. The molecule has 0 radical (unpaired) electrons. The lowest BCUT2D eigenvalue weighted by atomic mass is 9.72. The fourth-order valence-electron chi connectivity index (χ4n) is 4.55. The fraction of sp³-hybridized carbons (Fsp3) is 0.550. The van der Waals surface area contributed by atoms with Crippen LogP contribution in [0.4, 0.5) is 0 Å². The number of aryl methyl sites for hydroxylation is 2. The van der Waals surface area contributed by atoms with E-state index in [4.69, 9.17) is 4.74 Å². The number of benzene rings is 1. The maximum Gasteiger partial charge on any atom is 0.0914 e. The molecule has 0 saturated carbocycles. The molecule has 138 valence electrons. The Hall–Kier alpha value is -2.21. The summed E-state index contributed by atoms with van der Waals surface area (Å²) >= 11 is 0. The lowest BCUT2D eigenvalue weighted by Gasteiger charge is -2.35. The summed E-state index contributed by atoms with van der Waals surface area (Å²) in [5.74, 6) is 1.46. The molecule has 1 aromatic carbocycles. The monoisotopic (exact) mass is 353 g/mol. The average molecular weight is 353 g/mol. The zero-order valence-electron chi connectivity index (χ0n) is 15.8. The van der Waals surface area contributed by atoms with Gasteiger partial charge in [-0.15, -0.1) is 5.10 Å². The molecule has 3 heterocycles. The van der Waals surface area contributed by atoms with Crippen LogP contribution in [0, 0.1) is 18.8 Å². The van der Waals surface area contributed by atoms with E-state index in [1.807, 2.05) is 18.7 Å². The van der Waals surface area contributed by atoms with Gasteiger partial charge in [0.05, 0.1) is 11.4 Å².